The molecule has 9 nitrogen and oxygen atoms in total. The highest BCUT2D eigenvalue weighted by Crippen LogP contribution is 2.21. The van der Waals surface area contributed by atoms with Crippen molar-refractivity contribution in [3.8, 4) is 0 Å². The molecule has 146 valence electrons. The molecule has 1 fully saturated rings. The standard InChI is InChI=1S/C18H26N6O3/c1-13-11-16(21-27-13)20-18(26)17(25)19-12-15(14-5-4-6-23(14)3)24-9-7-22(2)8-10-24/h4-6,11,15H,7-10,12H2,1-3H3,(H,19,25)(H,20,21,26). The number of nitrogens with zero attached hydrogens (tertiary/aromatic N) is 4. The molecule has 1 aliphatic heterocycles. The second-order valence-electron chi connectivity index (χ2n) is 6.89. The zero-order chi connectivity index (χ0) is 19.4. The Balaban J connectivity index is 1.62. The molecule has 1 unspecified atom stereocenters. The fourth-order valence-corrected chi connectivity index (χ4v) is 3.24. The number of rotatable bonds is 5. The van der Waals surface area contributed by atoms with Crippen molar-refractivity contribution in [2.75, 3.05) is 45.1 Å². The molecule has 1 atom stereocenters. The lowest BCUT2D eigenvalue weighted by Gasteiger charge is -2.38. The van der Waals surface area contributed by atoms with Gasteiger partial charge in [-0.05, 0) is 26.1 Å². The first-order valence-electron chi connectivity index (χ1n) is 9.00. The van der Waals surface area contributed by atoms with Crippen LogP contribution in [0, 0.1) is 6.92 Å². The highest BCUT2D eigenvalue weighted by molar-refractivity contribution is 6.39. The van der Waals surface area contributed by atoms with E-state index in [1.807, 2.05) is 29.9 Å². The molecular weight excluding hydrogens is 348 g/mol. The molecule has 1 aliphatic rings. The number of amides is 2. The number of hydrogen-bond donors (Lipinski definition) is 2. The van der Waals surface area contributed by atoms with Gasteiger partial charge in [-0.1, -0.05) is 5.16 Å². The van der Waals surface area contributed by atoms with Gasteiger partial charge >= 0.3 is 11.8 Å². The van der Waals surface area contributed by atoms with Crippen LogP contribution >= 0.6 is 0 Å². The molecule has 0 saturated carbocycles. The third-order valence-electron chi connectivity index (χ3n) is 4.84. The minimum Gasteiger partial charge on any atom is -0.360 e. The topological polar surface area (TPSA) is 95.6 Å². The maximum atomic E-state index is 12.2. The lowest BCUT2D eigenvalue weighted by atomic mass is 10.1. The van der Waals surface area contributed by atoms with Crippen molar-refractivity contribution < 1.29 is 14.1 Å². The zero-order valence-corrected chi connectivity index (χ0v) is 15.9. The molecule has 3 rings (SSSR count). The summed E-state index contributed by atoms with van der Waals surface area (Å²) in [5, 5.41) is 8.86. The molecule has 1 saturated heterocycles. The van der Waals surface area contributed by atoms with Crippen molar-refractivity contribution in [3.63, 3.8) is 0 Å². The summed E-state index contributed by atoms with van der Waals surface area (Å²) < 4.78 is 6.93. The summed E-state index contributed by atoms with van der Waals surface area (Å²) in [6, 6.07) is 5.60. The lowest BCUT2D eigenvalue weighted by Crippen LogP contribution is -2.49. The summed E-state index contributed by atoms with van der Waals surface area (Å²) in [6.45, 7) is 5.83. The van der Waals surface area contributed by atoms with E-state index in [4.69, 9.17) is 4.52 Å². The number of piperazine rings is 1. The number of likely N-dealkylation sites (N-methyl/N-ethyl adjacent to an activating group) is 1. The molecule has 27 heavy (non-hydrogen) atoms. The molecule has 0 aliphatic carbocycles. The van der Waals surface area contributed by atoms with Crippen molar-refractivity contribution in [3.05, 3.63) is 35.9 Å². The first kappa shape index (κ1) is 19.1. The van der Waals surface area contributed by atoms with E-state index in [2.05, 4.69) is 32.6 Å². The normalized spacial score (nSPS) is 16.9. The third-order valence-corrected chi connectivity index (χ3v) is 4.84. The fourth-order valence-electron chi connectivity index (χ4n) is 3.24. The van der Waals surface area contributed by atoms with Crippen LogP contribution in [0.1, 0.15) is 17.5 Å². The van der Waals surface area contributed by atoms with Crippen LogP contribution in [0.5, 0.6) is 0 Å². The minimum atomic E-state index is -0.757. The molecule has 3 heterocycles. The molecule has 2 aromatic heterocycles. The number of anilines is 1. The van der Waals surface area contributed by atoms with Gasteiger partial charge in [0.1, 0.15) is 5.76 Å². The van der Waals surface area contributed by atoms with Gasteiger partial charge < -0.3 is 19.3 Å². The van der Waals surface area contributed by atoms with Gasteiger partial charge in [0.15, 0.2) is 5.82 Å². The van der Waals surface area contributed by atoms with E-state index in [1.54, 1.807) is 13.0 Å². The van der Waals surface area contributed by atoms with Gasteiger partial charge in [-0.25, -0.2) is 0 Å². The van der Waals surface area contributed by atoms with Gasteiger partial charge in [-0.2, -0.15) is 0 Å². The molecule has 2 N–H and O–H groups in total. The molecule has 0 radical (unpaired) electrons. The maximum absolute atomic E-state index is 12.2. The van der Waals surface area contributed by atoms with E-state index in [1.165, 1.54) is 0 Å². The molecule has 2 amide bonds. The van der Waals surface area contributed by atoms with E-state index in [-0.39, 0.29) is 11.9 Å². The molecule has 0 aromatic carbocycles. The SMILES string of the molecule is Cc1cc(NC(=O)C(=O)NCC(c2cccn2C)N2CCN(C)CC2)no1. The Kier molecular flexibility index (Phi) is 5.92. The van der Waals surface area contributed by atoms with Crippen molar-refractivity contribution in [2.24, 2.45) is 7.05 Å². The Labute approximate surface area is 158 Å². The van der Waals surface area contributed by atoms with Crippen LogP contribution < -0.4 is 10.6 Å². The number of aromatic nitrogens is 2. The summed E-state index contributed by atoms with van der Waals surface area (Å²) in [6.07, 6.45) is 1.99. The second-order valence-corrected chi connectivity index (χ2v) is 6.89. The largest absolute Gasteiger partial charge is 0.360 e. The smallest absolute Gasteiger partial charge is 0.314 e. The third kappa shape index (κ3) is 4.75. The van der Waals surface area contributed by atoms with Crippen LogP contribution in [0.3, 0.4) is 0 Å². The quantitative estimate of drug-likeness (QED) is 0.734. The van der Waals surface area contributed by atoms with Gasteiger partial charge in [0, 0.05) is 57.7 Å². The van der Waals surface area contributed by atoms with Crippen LogP contribution in [-0.2, 0) is 16.6 Å². The van der Waals surface area contributed by atoms with Crippen LogP contribution in [0.15, 0.2) is 28.9 Å². The van der Waals surface area contributed by atoms with Crippen LogP contribution in [0.4, 0.5) is 5.82 Å². The summed E-state index contributed by atoms with van der Waals surface area (Å²) in [5.74, 6) is -0.661. The Morgan fingerprint density at radius 3 is 2.56 bits per heavy atom. The highest BCUT2D eigenvalue weighted by atomic mass is 16.5. The van der Waals surface area contributed by atoms with Gasteiger partial charge in [-0.3, -0.25) is 19.8 Å². The van der Waals surface area contributed by atoms with E-state index >= 15 is 0 Å². The first-order chi connectivity index (χ1) is 12.9. The number of nitrogens with one attached hydrogen (secondary N) is 2. The predicted octanol–water partition coefficient (Wildman–Crippen LogP) is 0.365. The molecule has 0 spiro atoms. The zero-order valence-electron chi connectivity index (χ0n) is 15.9. The van der Waals surface area contributed by atoms with E-state index in [9.17, 15) is 9.59 Å². The van der Waals surface area contributed by atoms with Crippen LogP contribution in [0.25, 0.3) is 0 Å². The van der Waals surface area contributed by atoms with E-state index in [0.29, 0.717) is 12.3 Å². The minimum absolute atomic E-state index is 0.00439. The number of hydrogen-bond acceptors (Lipinski definition) is 6. The molecule has 9 heteroatoms. The van der Waals surface area contributed by atoms with Crippen molar-refractivity contribution in [1.29, 1.82) is 0 Å². The van der Waals surface area contributed by atoms with Gasteiger partial charge in [0.05, 0.1) is 6.04 Å². The van der Waals surface area contributed by atoms with E-state index in [0.717, 1.165) is 31.9 Å². The molecular formula is C18H26N6O3. The summed E-state index contributed by atoms with van der Waals surface area (Å²) in [5.41, 5.74) is 1.10. The average Bonchev–Trinajstić information content (AvgIpc) is 3.25. The summed E-state index contributed by atoms with van der Waals surface area (Å²) >= 11 is 0. The van der Waals surface area contributed by atoms with Crippen LogP contribution in [0.2, 0.25) is 0 Å². The average molecular weight is 374 g/mol. The Morgan fingerprint density at radius 1 is 1.22 bits per heavy atom. The Morgan fingerprint density at radius 2 is 1.96 bits per heavy atom. The molecule has 0 bridgehead atoms. The number of carbonyl (C=O) groups excluding carboxylic acids is 2. The highest BCUT2D eigenvalue weighted by Gasteiger charge is 2.27. The monoisotopic (exact) mass is 374 g/mol. The van der Waals surface area contributed by atoms with Crippen molar-refractivity contribution in [2.45, 2.75) is 13.0 Å². The predicted molar refractivity (Wildman–Crippen MR) is 100 cm³/mol. The summed E-state index contributed by atoms with van der Waals surface area (Å²) in [4.78, 5) is 28.9. The first-order valence-corrected chi connectivity index (χ1v) is 9.00. The Bertz CT molecular complexity index is 791. The van der Waals surface area contributed by atoms with Gasteiger partial charge in [0.25, 0.3) is 0 Å². The summed E-state index contributed by atoms with van der Waals surface area (Å²) in [7, 11) is 4.09. The lowest BCUT2D eigenvalue weighted by molar-refractivity contribution is -0.136. The number of aryl methyl sites for hydroxylation is 2. The van der Waals surface area contributed by atoms with E-state index < -0.39 is 11.8 Å². The fraction of sp³-hybridized carbons (Fsp3) is 0.500. The van der Waals surface area contributed by atoms with Crippen molar-refractivity contribution in [1.82, 2.24) is 24.8 Å². The van der Waals surface area contributed by atoms with Crippen molar-refractivity contribution >= 4 is 17.6 Å². The Hall–Kier alpha value is -2.65. The maximum Gasteiger partial charge on any atom is 0.314 e. The van der Waals surface area contributed by atoms with Gasteiger partial charge in [-0.15, -0.1) is 0 Å². The van der Waals surface area contributed by atoms with Crippen LogP contribution in [-0.4, -0.2) is 71.1 Å². The number of carbonyl (C=O) groups is 2. The second kappa shape index (κ2) is 8.36. The molecule has 2 aromatic rings. The van der Waals surface area contributed by atoms with Gasteiger partial charge in [0.2, 0.25) is 0 Å².